The number of urea groups is 1. The number of hydrogen-bond acceptors (Lipinski definition) is 4. The summed E-state index contributed by atoms with van der Waals surface area (Å²) < 4.78 is 0. The van der Waals surface area contributed by atoms with E-state index in [1.54, 1.807) is 0 Å². The second-order valence-corrected chi connectivity index (χ2v) is 7.28. The average Bonchev–Trinajstić information content (AvgIpc) is 3.24. The third-order valence-electron chi connectivity index (χ3n) is 5.19. The molecular formula is C20H25N3O4. The van der Waals surface area contributed by atoms with Crippen LogP contribution in [0.3, 0.4) is 0 Å². The van der Waals surface area contributed by atoms with Gasteiger partial charge in [0.2, 0.25) is 5.91 Å². The molecule has 1 atom stereocenters. The molecule has 7 nitrogen and oxygen atoms in total. The fourth-order valence-corrected chi connectivity index (χ4v) is 3.71. The van der Waals surface area contributed by atoms with Crippen molar-refractivity contribution in [1.29, 1.82) is 0 Å². The lowest BCUT2D eigenvalue weighted by molar-refractivity contribution is -0.144. The molecule has 0 unspecified atom stereocenters. The first kappa shape index (κ1) is 19.1. The molecule has 2 aliphatic rings. The normalized spacial score (nSPS) is 19.1. The number of carbonyl (C=O) groups is 4. The summed E-state index contributed by atoms with van der Waals surface area (Å²) in [6.45, 7) is 1.47. The van der Waals surface area contributed by atoms with Crippen LogP contribution in [0.1, 0.15) is 44.6 Å². The molecule has 0 spiro atoms. The van der Waals surface area contributed by atoms with Crippen LogP contribution in [0.25, 0.3) is 0 Å². The number of benzene rings is 1. The highest BCUT2D eigenvalue weighted by Gasteiger charge is 2.48. The van der Waals surface area contributed by atoms with Crippen LogP contribution >= 0.6 is 0 Å². The monoisotopic (exact) mass is 371 g/mol. The fourth-order valence-electron chi connectivity index (χ4n) is 3.71. The van der Waals surface area contributed by atoms with E-state index < -0.39 is 30.3 Å². The van der Waals surface area contributed by atoms with Crippen molar-refractivity contribution in [2.45, 2.75) is 57.5 Å². The molecule has 1 aromatic carbocycles. The van der Waals surface area contributed by atoms with Gasteiger partial charge in [-0.3, -0.25) is 19.3 Å². The van der Waals surface area contributed by atoms with E-state index in [4.69, 9.17) is 0 Å². The number of nitrogens with zero attached hydrogens (tertiary/aromatic N) is 2. The molecule has 0 bridgehead atoms. The Hall–Kier alpha value is -2.70. The quantitative estimate of drug-likeness (QED) is 0.585. The Morgan fingerprint density at radius 2 is 1.78 bits per heavy atom. The van der Waals surface area contributed by atoms with Gasteiger partial charge in [-0.2, -0.15) is 0 Å². The van der Waals surface area contributed by atoms with Crippen molar-refractivity contribution in [2.75, 3.05) is 6.54 Å². The Morgan fingerprint density at radius 3 is 2.44 bits per heavy atom. The van der Waals surface area contributed by atoms with Gasteiger partial charge in [-0.05, 0) is 38.2 Å². The fraction of sp³-hybridized carbons (Fsp3) is 0.500. The van der Waals surface area contributed by atoms with E-state index in [2.05, 4.69) is 5.32 Å². The summed E-state index contributed by atoms with van der Waals surface area (Å²) in [5, 5.41) is 2.80. The molecule has 1 aromatic rings. The molecule has 1 N–H and O–H groups in total. The average molecular weight is 371 g/mol. The van der Waals surface area contributed by atoms with Gasteiger partial charge >= 0.3 is 17.8 Å². The highest BCUT2D eigenvalue weighted by atomic mass is 16.2. The van der Waals surface area contributed by atoms with E-state index in [9.17, 15) is 19.2 Å². The summed E-state index contributed by atoms with van der Waals surface area (Å²) in [5.41, 5.74) is 1.18. The summed E-state index contributed by atoms with van der Waals surface area (Å²) in [6, 6.07) is 8.96. The number of imide groups is 2. The zero-order valence-corrected chi connectivity index (χ0v) is 15.5. The third-order valence-corrected chi connectivity index (χ3v) is 5.19. The minimum Gasteiger partial charge on any atom is -0.352 e. The number of amides is 5. The topological polar surface area (TPSA) is 86.8 Å². The molecule has 3 rings (SSSR count). The van der Waals surface area contributed by atoms with Gasteiger partial charge in [-0.15, -0.1) is 0 Å². The number of nitrogens with one attached hydrogen (secondary N) is 1. The predicted octanol–water partition coefficient (Wildman–Crippen LogP) is 1.86. The molecule has 5 amide bonds. The highest BCUT2D eigenvalue weighted by molar-refractivity contribution is 6.45. The maximum absolute atomic E-state index is 12.5. The summed E-state index contributed by atoms with van der Waals surface area (Å²) in [5.74, 6) is -2.14. The molecule has 1 aliphatic heterocycles. The van der Waals surface area contributed by atoms with E-state index in [1.807, 2.05) is 37.3 Å². The highest BCUT2D eigenvalue weighted by Crippen LogP contribution is 2.27. The molecular weight excluding hydrogens is 346 g/mol. The molecule has 144 valence electrons. The van der Waals surface area contributed by atoms with Gasteiger partial charge in [0, 0.05) is 12.1 Å². The molecule has 0 aromatic heterocycles. The number of rotatable bonds is 7. The van der Waals surface area contributed by atoms with Crippen molar-refractivity contribution in [3.8, 4) is 0 Å². The third kappa shape index (κ3) is 4.35. The smallest absolute Gasteiger partial charge is 0.334 e. The summed E-state index contributed by atoms with van der Waals surface area (Å²) in [4.78, 5) is 50.8. The van der Waals surface area contributed by atoms with Crippen molar-refractivity contribution in [3.63, 3.8) is 0 Å². The van der Waals surface area contributed by atoms with Crippen LogP contribution in [0.15, 0.2) is 30.3 Å². The molecule has 2 fully saturated rings. The minimum atomic E-state index is -0.904. The van der Waals surface area contributed by atoms with E-state index in [-0.39, 0.29) is 12.1 Å². The Balaban J connectivity index is 1.51. The van der Waals surface area contributed by atoms with Crippen LogP contribution < -0.4 is 5.32 Å². The molecule has 7 heteroatoms. The van der Waals surface area contributed by atoms with Gasteiger partial charge < -0.3 is 5.32 Å². The number of aryl methyl sites for hydroxylation is 1. The first-order chi connectivity index (χ1) is 13.0. The Kier molecular flexibility index (Phi) is 5.88. The second-order valence-electron chi connectivity index (χ2n) is 7.28. The lowest BCUT2D eigenvalue weighted by Crippen LogP contribution is -2.45. The Bertz CT molecular complexity index is 728. The van der Waals surface area contributed by atoms with Crippen molar-refractivity contribution in [1.82, 2.24) is 15.1 Å². The summed E-state index contributed by atoms with van der Waals surface area (Å²) in [6.07, 6.45) is 4.88. The first-order valence-electron chi connectivity index (χ1n) is 9.49. The van der Waals surface area contributed by atoms with Gasteiger partial charge in [0.15, 0.2) is 0 Å². The molecule has 1 saturated carbocycles. The van der Waals surface area contributed by atoms with Gasteiger partial charge in [0.25, 0.3) is 0 Å². The van der Waals surface area contributed by atoms with Crippen LogP contribution in [-0.2, 0) is 20.8 Å². The number of hydrogen-bond donors (Lipinski definition) is 1. The molecule has 1 heterocycles. The Labute approximate surface area is 158 Å². The van der Waals surface area contributed by atoms with Crippen molar-refractivity contribution < 1.29 is 19.2 Å². The molecule has 27 heavy (non-hydrogen) atoms. The van der Waals surface area contributed by atoms with E-state index in [0.717, 1.165) is 48.3 Å². The standard InChI is InChI=1S/C20H25N3O4/c1-14(11-12-15-7-3-2-4-8-15)21-17(24)13-22-18(25)19(26)23(20(22)27)16-9-5-6-10-16/h2-4,7-8,14,16H,5-6,9-13H2,1H3,(H,21,24)/t14-/m0/s1. The van der Waals surface area contributed by atoms with E-state index in [0.29, 0.717) is 0 Å². The summed E-state index contributed by atoms with van der Waals surface area (Å²) in [7, 11) is 0. The zero-order valence-electron chi connectivity index (χ0n) is 15.5. The second kappa shape index (κ2) is 8.33. The Morgan fingerprint density at radius 1 is 1.11 bits per heavy atom. The lowest BCUT2D eigenvalue weighted by atomic mass is 10.1. The predicted molar refractivity (Wildman–Crippen MR) is 98.6 cm³/mol. The SMILES string of the molecule is C[C@@H](CCc1ccccc1)NC(=O)CN1C(=O)C(=O)N(C2CCCC2)C1=O. The van der Waals surface area contributed by atoms with Gasteiger partial charge in [0.1, 0.15) is 6.54 Å². The van der Waals surface area contributed by atoms with Crippen molar-refractivity contribution in [2.24, 2.45) is 0 Å². The van der Waals surface area contributed by atoms with E-state index in [1.165, 1.54) is 5.56 Å². The zero-order chi connectivity index (χ0) is 19.4. The first-order valence-corrected chi connectivity index (χ1v) is 9.49. The maximum atomic E-state index is 12.5. The van der Waals surface area contributed by atoms with Crippen LogP contribution in [0.5, 0.6) is 0 Å². The molecule has 0 radical (unpaired) electrons. The lowest BCUT2D eigenvalue weighted by Gasteiger charge is -2.21. The van der Waals surface area contributed by atoms with Crippen molar-refractivity contribution in [3.05, 3.63) is 35.9 Å². The van der Waals surface area contributed by atoms with Crippen LogP contribution in [0, 0.1) is 0 Å². The van der Waals surface area contributed by atoms with Gasteiger partial charge in [0.05, 0.1) is 0 Å². The van der Waals surface area contributed by atoms with Crippen LogP contribution in [0.4, 0.5) is 4.79 Å². The van der Waals surface area contributed by atoms with E-state index >= 15 is 0 Å². The maximum Gasteiger partial charge on any atom is 0.334 e. The van der Waals surface area contributed by atoms with Gasteiger partial charge in [-0.25, -0.2) is 9.69 Å². The largest absolute Gasteiger partial charge is 0.352 e. The summed E-state index contributed by atoms with van der Waals surface area (Å²) >= 11 is 0. The van der Waals surface area contributed by atoms with Gasteiger partial charge in [-0.1, -0.05) is 43.2 Å². The van der Waals surface area contributed by atoms with Crippen LogP contribution in [0.2, 0.25) is 0 Å². The number of carbonyl (C=O) groups excluding carboxylic acids is 4. The molecule has 1 saturated heterocycles. The molecule has 1 aliphatic carbocycles. The van der Waals surface area contributed by atoms with Crippen LogP contribution in [-0.4, -0.2) is 52.2 Å². The van der Waals surface area contributed by atoms with Crippen molar-refractivity contribution >= 4 is 23.8 Å². The minimum absolute atomic E-state index is 0.104.